The molecule has 8 heteroatoms. The highest BCUT2D eigenvalue weighted by molar-refractivity contribution is 6.32. The fraction of sp³-hybridized carbons (Fsp3) is 0.188. The minimum absolute atomic E-state index is 0.0146. The third kappa shape index (κ3) is 3.91. The topological polar surface area (TPSA) is 47.6 Å². The van der Waals surface area contributed by atoms with Crippen LogP contribution >= 0.6 is 11.6 Å². The summed E-state index contributed by atoms with van der Waals surface area (Å²) >= 11 is 6.01. The zero-order chi connectivity index (χ0) is 17.9. The van der Waals surface area contributed by atoms with E-state index in [9.17, 15) is 18.0 Å². The molecule has 1 N–H and O–H groups in total. The van der Waals surface area contributed by atoms with Crippen LogP contribution in [0.5, 0.6) is 11.5 Å². The van der Waals surface area contributed by atoms with Gasteiger partial charge in [0.25, 0.3) is 5.91 Å². The molecule has 0 unspecified atom stereocenters. The molecule has 0 aromatic heterocycles. The third-order valence-electron chi connectivity index (χ3n) is 3.14. The summed E-state index contributed by atoms with van der Waals surface area (Å²) in [7, 11) is 2.77. The Hall–Kier alpha value is -2.41. The van der Waals surface area contributed by atoms with Gasteiger partial charge in [0.2, 0.25) is 0 Å². The van der Waals surface area contributed by atoms with Gasteiger partial charge in [-0.2, -0.15) is 13.2 Å². The van der Waals surface area contributed by atoms with E-state index in [4.69, 9.17) is 21.1 Å². The molecule has 0 atom stereocenters. The van der Waals surface area contributed by atoms with Gasteiger partial charge in [-0.3, -0.25) is 4.79 Å². The lowest BCUT2D eigenvalue weighted by Gasteiger charge is -2.13. The van der Waals surface area contributed by atoms with E-state index in [1.165, 1.54) is 38.5 Å². The predicted octanol–water partition coefficient (Wildman–Crippen LogP) is 4.63. The van der Waals surface area contributed by atoms with Crippen LogP contribution in [0.1, 0.15) is 15.9 Å². The number of anilines is 1. The lowest BCUT2D eigenvalue weighted by molar-refractivity contribution is -0.137. The molecule has 0 aliphatic heterocycles. The first-order valence-electron chi connectivity index (χ1n) is 6.66. The zero-order valence-corrected chi connectivity index (χ0v) is 13.5. The molecule has 0 saturated heterocycles. The fourth-order valence-electron chi connectivity index (χ4n) is 2.03. The van der Waals surface area contributed by atoms with Gasteiger partial charge >= 0.3 is 6.18 Å². The summed E-state index contributed by atoms with van der Waals surface area (Å²) < 4.78 is 48.3. The maximum absolute atomic E-state index is 12.7. The summed E-state index contributed by atoms with van der Waals surface area (Å²) in [6, 6.07) is 7.05. The number of nitrogens with one attached hydrogen (secondary N) is 1. The molecule has 0 saturated carbocycles. The molecule has 0 spiro atoms. The van der Waals surface area contributed by atoms with Gasteiger partial charge in [0.1, 0.15) is 0 Å². The first-order chi connectivity index (χ1) is 11.3. The van der Waals surface area contributed by atoms with E-state index in [2.05, 4.69) is 5.32 Å². The number of rotatable bonds is 4. The number of benzene rings is 2. The average Bonchev–Trinajstić information content (AvgIpc) is 2.53. The molecule has 24 heavy (non-hydrogen) atoms. The summed E-state index contributed by atoms with van der Waals surface area (Å²) in [5, 5.41) is 2.54. The van der Waals surface area contributed by atoms with Crippen molar-refractivity contribution in [3.05, 3.63) is 52.5 Å². The van der Waals surface area contributed by atoms with Gasteiger partial charge in [0, 0.05) is 11.3 Å². The van der Waals surface area contributed by atoms with E-state index in [1.54, 1.807) is 0 Å². The lowest BCUT2D eigenvalue weighted by Crippen LogP contribution is -2.13. The Morgan fingerprint density at radius 1 is 1.12 bits per heavy atom. The van der Waals surface area contributed by atoms with Crippen molar-refractivity contribution >= 4 is 23.2 Å². The van der Waals surface area contributed by atoms with Crippen LogP contribution < -0.4 is 14.8 Å². The average molecular weight is 360 g/mol. The number of methoxy groups -OCH3 is 2. The maximum Gasteiger partial charge on any atom is 0.416 e. The second-order valence-corrected chi connectivity index (χ2v) is 5.13. The molecule has 0 fully saturated rings. The molecule has 2 rings (SSSR count). The van der Waals surface area contributed by atoms with Crippen LogP contribution in [0, 0.1) is 0 Å². The quantitative estimate of drug-likeness (QED) is 0.866. The highest BCUT2D eigenvalue weighted by Crippen LogP contribution is 2.36. The zero-order valence-electron chi connectivity index (χ0n) is 12.7. The van der Waals surface area contributed by atoms with Crippen molar-refractivity contribution in [2.45, 2.75) is 6.18 Å². The van der Waals surface area contributed by atoms with Crippen molar-refractivity contribution in [1.82, 2.24) is 0 Å². The molecule has 0 aliphatic rings. The van der Waals surface area contributed by atoms with Crippen molar-refractivity contribution in [2.24, 2.45) is 0 Å². The van der Waals surface area contributed by atoms with Gasteiger partial charge in [-0.15, -0.1) is 0 Å². The summed E-state index contributed by atoms with van der Waals surface area (Å²) in [6.45, 7) is 0. The smallest absolute Gasteiger partial charge is 0.416 e. The van der Waals surface area contributed by atoms with Crippen molar-refractivity contribution < 1.29 is 27.4 Å². The molecule has 0 heterocycles. The Balaban J connectivity index is 2.29. The highest BCUT2D eigenvalue weighted by atomic mass is 35.5. The Bertz CT molecular complexity index is 763. The number of carbonyl (C=O) groups is 1. The monoisotopic (exact) mass is 359 g/mol. The molecule has 2 aromatic carbocycles. The first-order valence-corrected chi connectivity index (χ1v) is 7.04. The molecule has 1 amide bonds. The normalized spacial score (nSPS) is 11.1. The Labute approximate surface area is 141 Å². The molecule has 2 aromatic rings. The second-order valence-electron chi connectivity index (χ2n) is 4.73. The molecule has 0 aliphatic carbocycles. The van der Waals surface area contributed by atoms with Crippen molar-refractivity contribution in [1.29, 1.82) is 0 Å². The van der Waals surface area contributed by atoms with Gasteiger partial charge in [-0.25, -0.2) is 0 Å². The van der Waals surface area contributed by atoms with Crippen molar-refractivity contribution in [2.75, 3.05) is 19.5 Å². The van der Waals surface area contributed by atoms with E-state index >= 15 is 0 Å². The molecular weight excluding hydrogens is 347 g/mol. The minimum Gasteiger partial charge on any atom is -0.493 e. The number of ether oxygens (including phenoxy) is 2. The standard InChI is InChI=1S/C16H13ClF3NO3/c1-23-13-7-9(6-12(17)14(13)24-2)15(22)21-11-5-3-4-10(8-11)16(18,19)20/h3-8H,1-2H3,(H,21,22). The van der Waals surface area contributed by atoms with Gasteiger partial charge in [0.15, 0.2) is 11.5 Å². The minimum atomic E-state index is -4.49. The maximum atomic E-state index is 12.7. The van der Waals surface area contributed by atoms with Crippen LogP contribution in [0.3, 0.4) is 0 Å². The van der Waals surface area contributed by atoms with Crippen LogP contribution in [-0.2, 0) is 6.18 Å². The molecular formula is C16H13ClF3NO3. The van der Waals surface area contributed by atoms with E-state index in [0.717, 1.165) is 12.1 Å². The largest absolute Gasteiger partial charge is 0.493 e. The SMILES string of the molecule is COc1cc(C(=O)Nc2cccc(C(F)(F)F)c2)cc(Cl)c1OC. The van der Waals surface area contributed by atoms with Crippen molar-refractivity contribution in [3.8, 4) is 11.5 Å². The van der Waals surface area contributed by atoms with Gasteiger partial charge < -0.3 is 14.8 Å². The van der Waals surface area contributed by atoms with Gasteiger partial charge in [-0.05, 0) is 30.3 Å². The lowest BCUT2D eigenvalue weighted by atomic mass is 10.1. The highest BCUT2D eigenvalue weighted by Gasteiger charge is 2.30. The first kappa shape index (κ1) is 17.9. The van der Waals surface area contributed by atoms with Gasteiger partial charge in [-0.1, -0.05) is 17.7 Å². The number of halogens is 4. The summed E-state index contributed by atoms with van der Waals surface area (Å²) in [5.41, 5.74) is -0.721. The van der Waals surface area contributed by atoms with E-state index in [0.29, 0.717) is 0 Å². The Morgan fingerprint density at radius 2 is 1.83 bits per heavy atom. The van der Waals surface area contributed by atoms with Crippen LogP contribution in [0.2, 0.25) is 5.02 Å². The number of amides is 1. The number of alkyl halides is 3. The molecule has 128 valence electrons. The summed E-state index contributed by atoms with van der Waals surface area (Å²) in [6.07, 6.45) is -4.49. The number of carbonyl (C=O) groups excluding carboxylic acids is 1. The predicted molar refractivity (Wildman–Crippen MR) is 84.0 cm³/mol. The van der Waals surface area contributed by atoms with E-state index in [-0.39, 0.29) is 27.8 Å². The fourth-order valence-corrected chi connectivity index (χ4v) is 2.31. The summed E-state index contributed by atoms with van der Waals surface area (Å²) in [5.74, 6) is -0.133. The van der Waals surface area contributed by atoms with Crippen LogP contribution in [0.25, 0.3) is 0 Å². The van der Waals surface area contributed by atoms with Crippen LogP contribution in [0.15, 0.2) is 36.4 Å². The van der Waals surface area contributed by atoms with Crippen LogP contribution in [-0.4, -0.2) is 20.1 Å². The Kier molecular flexibility index (Phi) is 5.23. The van der Waals surface area contributed by atoms with Crippen molar-refractivity contribution in [3.63, 3.8) is 0 Å². The number of hydrogen-bond donors (Lipinski definition) is 1. The summed E-state index contributed by atoms with van der Waals surface area (Å²) in [4.78, 5) is 12.2. The van der Waals surface area contributed by atoms with E-state index < -0.39 is 17.6 Å². The third-order valence-corrected chi connectivity index (χ3v) is 3.42. The molecule has 0 bridgehead atoms. The Morgan fingerprint density at radius 3 is 2.42 bits per heavy atom. The van der Waals surface area contributed by atoms with E-state index in [1.807, 2.05) is 0 Å². The van der Waals surface area contributed by atoms with Crippen LogP contribution in [0.4, 0.5) is 18.9 Å². The van der Waals surface area contributed by atoms with Gasteiger partial charge in [0.05, 0.1) is 24.8 Å². The number of hydrogen-bond acceptors (Lipinski definition) is 3. The molecule has 0 radical (unpaired) electrons. The molecule has 4 nitrogen and oxygen atoms in total. The second kappa shape index (κ2) is 7.00.